The van der Waals surface area contributed by atoms with Crippen LogP contribution in [0.5, 0.6) is 0 Å². The van der Waals surface area contributed by atoms with Crippen molar-refractivity contribution in [3.05, 3.63) is 16.1 Å². The van der Waals surface area contributed by atoms with E-state index < -0.39 is 0 Å². The molecule has 110 valence electrons. The molecule has 1 aromatic heterocycles. The smallest absolute Gasteiger partial charge is 0.265 e. The highest BCUT2D eigenvalue weighted by molar-refractivity contribution is 7.13. The first kappa shape index (κ1) is 18.6. The van der Waals surface area contributed by atoms with Gasteiger partial charge in [0.2, 0.25) is 0 Å². The number of nitrogens with zero attached hydrogens (tertiary/aromatic N) is 2. The maximum absolute atomic E-state index is 12.3. The van der Waals surface area contributed by atoms with Crippen LogP contribution in [-0.2, 0) is 6.42 Å². The number of carbonyl (C=O) groups excluding carboxylic acids is 1. The van der Waals surface area contributed by atoms with Gasteiger partial charge in [0.05, 0.1) is 11.2 Å². The molecule has 2 rings (SSSR count). The van der Waals surface area contributed by atoms with E-state index in [1.165, 1.54) is 11.3 Å². The Bertz CT molecular complexity index is 400. The van der Waals surface area contributed by atoms with Crippen LogP contribution in [0.25, 0.3) is 0 Å². The molecule has 0 radical (unpaired) electrons. The Kier molecular flexibility index (Phi) is 8.57. The molecule has 1 fully saturated rings. The zero-order valence-electron chi connectivity index (χ0n) is 11.2. The summed E-state index contributed by atoms with van der Waals surface area (Å²) in [6.45, 7) is 6.77. The van der Waals surface area contributed by atoms with Crippen LogP contribution in [0.4, 0.5) is 0 Å². The summed E-state index contributed by atoms with van der Waals surface area (Å²) in [6, 6.07) is 0.271. The van der Waals surface area contributed by atoms with Gasteiger partial charge in [0.1, 0.15) is 4.88 Å². The molecule has 7 heteroatoms. The van der Waals surface area contributed by atoms with Crippen molar-refractivity contribution in [3.8, 4) is 0 Å². The third kappa shape index (κ3) is 4.60. The van der Waals surface area contributed by atoms with E-state index in [9.17, 15) is 4.79 Å². The average molecular weight is 326 g/mol. The summed E-state index contributed by atoms with van der Waals surface area (Å²) >= 11 is 1.54. The van der Waals surface area contributed by atoms with Gasteiger partial charge in [-0.05, 0) is 19.8 Å². The molecule has 1 saturated heterocycles. The maximum atomic E-state index is 12.3. The highest BCUT2D eigenvalue weighted by Gasteiger charge is 2.25. The average Bonchev–Trinajstić information content (AvgIpc) is 2.78. The Balaban J connectivity index is 0.00000162. The molecule has 0 aliphatic carbocycles. The van der Waals surface area contributed by atoms with E-state index >= 15 is 0 Å². The van der Waals surface area contributed by atoms with Crippen LogP contribution in [0.1, 0.15) is 34.9 Å². The molecule has 1 aliphatic rings. The number of rotatable bonds is 3. The number of aromatic nitrogens is 1. The van der Waals surface area contributed by atoms with Gasteiger partial charge < -0.3 is 10.2 Å². The fourth-order valence-corrected chi connectivity index (χ4v) is 3.00. The van der Waals surface area contributed by atoms with E-state index in [0.29, 0.717) is 0 Å². The molecule has 0 bridgehead atoms. The van der Waals surface area contributed by atoms with Crippen molar-refractivity contribution < 1.29 is 4.79 Å². The molecule has 2 heterocycles. The number of hydrogen-bond acceptors (Lipinski definition) is 4. The zero-order valence-corrected chi connectivity index (χ0v) is 13.7. The lowest BCUT2D eigenvalue weighted by Gasteiger charge is -2.33. The zero-order chi connectivity index (χ0) is 12.3. The second kappa shape index (κ2) is 8.74. The van der Waals surface area contributed by atoms with Gasteiger partial charge in [-0.25, -0.2) is 4.98 Å². The summed E-state index contributed by atoms with van der Waals surface area (Å²) in [4.78, 5) is 19.3. The van der Waals surface area contributed by atoms with E-state index in [2.05, 4.69) is 24.1 Å². The lowest BCUT2D eigenvalue weighted by Crippen LogP contribution is -2.52. The third-order valence-corrected chi connectivity index (χ3v) is 4.04. The number of aryl methyl sites for hydroxylation is 1. The van der Waals surface area contributed by atoms with Crippen molar-refractivity contribution in [2.45, 2.75) is 32.7 Å². The second-order valence-corrected chi connectivity index (χ2v) is 5.54. The monoisotopic (exact) mass is 325 g/mol. The predicted molar refractivity (Wildman–Crippen MR) is 84.0 cm³/mol. The Hall–Kier alpha value is -0.360. The predicted octanol–water partition coefficient (Wildman–Crippen LogP) is 2.37. The van der Waals surface area contributed by atoms with Crippen LogP contribution in [0.3, 0.4) is 0 Å². The Morgan fingerprint density at radius 3 is 2.95 bits per heavy atom. The molecule has 1 aromatic rings. The molecule has 19 heavy (non-hydrogen) atoms. The molecule has 0 saturated carbocycles. The molecule has 1 aliphatic heterocycles. The first-order valence-electron chi connectivity index (χ1n) is 6.18. The topological polar surface area (TPSA) is 45.2 Å². The first-order chi connectivity index (χ1) is 8.22. The summed E-state index contributed by atoms with van der Waals surface area (Å²) in [6.07, 6.45) is 3.77. The van der Waals surface area contributed by atoms with Crippen molar-refractivity contribution in [2.24, 2.45) is 0 Å². The van der Waals surface area contributed by atoms with Crippen LogP contribution in [-0.4, -0.2) is 41.5 Å². The molecular weight excluding hydrogens is 305 g/mol. The van der Waals surface area contributed by atoms with Gasteiger partial charge in [0.25, 0.3) is 5.91 Å². The lowest BCUT2D eigenvalue weighted by molar-refractivity contribution is 0.0660. The van der Waals surface area contributed by atoms with Gasteiger partial charge >= 0.3 is 0 Å². The molecule has 1 atom stereocenters. The third-order valence-electron chi connectivity index (χ3n) is 2.99. The molecule has 4 nitrogen and oxygen atoms in total. The van der Waals surface area contributed by atoms with Crippen LogP contribution in [0, 0.1) is 0 Å². The summed E-state index contributed by atoms with van der Waals surface area (Å²) in [5.41, 5.74) is 0. The number of thiazole rings is 1. The highest BCUT2D eigenvalue weighted by Crippen LogP contribution is 2.18. The van der Waals surface area contributed by atoms with Crippen LogP contribution < -0.4 is 5.32 Å². The number of halogens is 2. The van der Waals surface area contributed by atoms with Crippen molar-refractivity contribution in [3.63, 3.8) is 0 Å². The fraction of sp³-hybridized carbons (Fsp3) is 0.667. The Morgan fingerprint density at radius 1 is 1.58 bits per heavy atom. The standard InChI is InChI=1S/C12H19N3OS.2ClH/c1-3-4-11-14-8-10(17-11)12(16)15-6-5-13-7-9(15)2;;/h8-9,13H,3-7H2,1-2H3;2*1H/t9-;;/m0../s1. The molecule has 0 unspecified atom stereocenters. The van der Waals surface area contributed by atoms with Gasteiger partial charge in [0, 0.05) is 25.7 Å². The molecule has 0 spiro atoms. The summed E-state index contributed by atoms with van der Waals surface area (Å²) in [5.74, 6) is 0.138. The van der Waals surface area contributed by atoms with Gasteiger partial charge in [0.15, 0.2) is 0 Å². The van der Waals surface area contributed by atoms with Crippen molar-refractivity contribution in [2.75, 3.05) is 19.6 Å². The Labute approximate surface area is 130 Å². The summed E-state index contributed by atoms with van der Waals surface area (Å²) in [7, 11) is 0. The molecule has 0 aromatic carbocycles. The van der Waals surface area contributed by atoms with Gasteiger partial charge in [-0.1, -0.05) is 6.92 Å². The van der Waals surface area contributed by atoms with E-state index in [4.69, 9.17) is 0 Å². The highest BCUT2D eigenvalue weighted by atomic mass is 35.5. The molecule has 1 amide bonds. The van der Waals surface area contributed by atoms with Crippen LogP contribution in [0.2, 0.25) is 0 Å². The minimum atomic E-state index is 0. The maximum Gasteiger partial charge on any atom is 0.265 e. The van der Waals surface area contributed by atoms with Crippen LogP contribution >= 0.6 is 36.2 Å². The van der Waals surface area contributed by atoms with Gasteiger partial charge in [-0.2, -0.15) is 0 Å². The van der Waals surface area contributed by atoms with Crippen molar-refractivity contribution >= 4 is 42.1 Å². The second-order valence-electron chi connectivity index (χ2n) is 4.42. The Morgan fingerprint density at radius 2 is 2.32 bits per heavy atom. The summed E-state index contributed by atoms with van der Waals surface area (Å²) in [5, 5.41) is 4.36. The fourth-order valence-electron chi connectivity index (χ4n) is 2.02. The molecule has 1 N–H and O–H groups in total. The van der Waals surface area contributed by atoms with E-state index in [-0.39, 0.29) is 36.8 Å². The number of nitrogens with one attached hydrogen (secondary N) is 1. The number of hydrogen-bond donors (Lipinski definition) is 1. The first-order valence-corrected chi connectivity index (χ1v) is 7.00. The number of piperazine rings is 1. The minimum absolute atomic E-state index is 0. The van der Waals surface area contributed by atoms with Crippen LogP contribution in [0.15, 0.2) is 6.20 Å². The quantitative estimate of drug-likeness (QED) is 0.928. The normalized spacial score (nSPS) is 18.4. The summed E-state index contributed by atoms with van der Waals surface area (Å²) < 4.78 is 0. The number of carbonyl (C=O) groups is 1. The SMILES string of the molecule is CCCc1ncc(C(=O)N2CCNC[C@@H]2C)s1.Cl.Cl. The van der Waals surface area contributed by atoms with Crippen molar-refractivity contribution in [1.82, 2.24) is 15.2 Å². The van der Waals surface area contributed by atoms with E-state index in [1.54, 1.807) is 6.20 Å². The van der Waals surface area contributed by atoms with E-state index in [1.807, 2.05) is 4.90 Å². The van der Waals surface area contributed by atoms with Gasteiger partial charge in [-0.3, -0.25) is 4.79 Å². The van der Waals surface area contributed by atoms with E-state index in [0.717, 1.165) is 42.4 Å². The lowest BCUT2D eigenvalue weighted by atomic mass is 10.2. The molecular formula is C12H21Cl2N3OS. The number of amides is 1. The van der Waals surface area contributed by atoms with Crippen molar-refractivity contribution in [1.29, 1.82) is 0 Å². The minimum Gasteiger partial charge on any atom is -0.333 e. The largest absolute Gasteiger partial charge is 0.333 e. The van der Waals surface area contributed by atoms with Gasteiger partial charge in [-0.15, -0.1) is 36.2 Å².